The van der Waals surface area contributed by atoms with Crippen LogP contribution in [0.2, 0.25) is 0 Å². The number of benzene rings is 2. The standard InChI is InChI=1S/C21H23BrN2O3/c1-13(14-8-4-6-10-16(14)22)23-19(25)20(26)24-17-12-21(2,3)27-18-11-7-5-9-15(17)18/h4-11,13,17H,12H2,1-3H3,(H,23,25)(H,24,26). The molecule has 2 aromatic rings. The number of ether oxygens (including phenoxy) is 1. The van der Waals surface area contributed by atoms with Crippen molar-refractivity contribution in [3.8, 4) is 5.75 Å². The molecule has 0 saturated heterocycles. The highest BCUT2D eigenvalue weighted by atomic mass is 79.9. The molecule has 2 unspecified atom stereocenters. The van der Waals surface area contributed by atoms with Crippen LogP contribution in [-0.2, 0) is 9.59 Å². The van der Waals surface area contributed by atoms with Gasteiger partial charge in [0.05, 0.1) is 12.1 Å². The van der Waals surface area contributed by atoms with E-state index in [1.165, 1.54) is 0 Å². The van der Waals surface area contributed by atoms with Crippen molar-refractivity contribution in [1.82, 2.24) is 10.6 Å². The molecule has 2 amide bonds. The molecule has 0 radical (unpaired) electrons. The minimum atomic E-state index is -0.653. The Balaban J connectivity index is 1.70. The van der Waals surface area contributed by atoms with Gasteiger partial charge in [-0.1, -0.05) is 52.3 Å². The van der Waals surface area contributed by atoms with Crippen molar-refractivity contribution in [1.29, 1.82) is 0 Å². The molecule has 0 saturated carbocycles. The fourth-order valence-electron chi connectivity index (χ4n) is 3.32. The van der Waals surface area contributed by atoms with Gasteiger partial charge in [0.1, 0.15) is 11.4 Å². The Bertz CT molecular complexity index is 866. The van der Waals surface area contributed by atoms with Gasteiger partial charge in [-0.25, -0.2) is 0 Å². The average molecular weight is 431 g/mol. The van der Waals surface area contributed by atoms with Gasteiger partial charge in [0.2, 0.25) is 0 Å². The molecule has 1 heterocycles. The average Bonchev–Trinajstić information content (AvgIpc) is 2.61. The lowest BCUT2D eigenvalue weighted by Crippen LogP contribution is -2.46. The van der Waals surface area contributed by atoms with E-state index in [1.807, 2.05) is 69.3 Å². The van der Waals surface area contributed by atoms with Crippen LogP contribution >= 0.6 is 15.9 Å². The van der Waals surface area contributed by atoms with Gasteiger partial charge in [-0.15, -0.1) is 0 Å². The largest absolute Gasteiger partial charge is 0.487 e. The summed E-state index contributed by atoms with van der Waals surface area (Å²) < 4.78 is 6.86. The smallest absolute Gasteiger partial charge is 0.309 e. The van der Waals surface area contributed by atoms with E-state index in [-0.39, 0.29) is 12.1 Å². The van der Waals surface area contributed by atoms with Crippen LogP contribution in [0, 0.1) is 0 Å². The first-order valence-corrected chi connectivity index (χ1v) is 9.70. The molecule has 0 fully saturated rings. The van der Waals surface area contributed by atoms with Crippen LogP contribution in [0.3, 0.4) is 0 Å². The molecule has 1 aliphatic heterocycles. The van der Waals surface area contributed by atoms with E-state index in [4.69, 9.17) is 4.74 Å². The molecule has 142 valence electrons. The summed E-state index contributed by atoms with van der Waals surface area (Å²) in [7, 11) is 0. The first-order valence-electron chi connectivity index (χ1n) is 8.90. The zero-order valence-electron chi connectivity index (χ0n) is 15.6. The van der Waals surface area contributed by atoms with Crippen molar-refractivity contribution in [2.24, 2.45) is 0 Å². The predicted molar refractivity (Wildman–Crippen MR) is 107 cm³/mol. The highest BCUT2D eigenvalue weighted by molar-refractivity contribution is 9.10. The second kappa shape index (κ2) is 7.72. The molecule has 2 N–H and O–H groups in total. The minimum absolute atomic E-state index is 0.276. The van der Waals surface area contributed by atoms with E-state index in [2.05, 4.69) is 26.6 Å². The van der Waals surface area contributed by atoms with Gasteiger partial charge in [-0.05, 0) is 38.5 Å². The molecule has 5 nitrogen and oxygen atoms in total. The Morgan fingerprint density at radius 2 is 1.78 bits per heavy atom. The number of amides is 2. The molecule has 2 aromatic carbocycles. The van der Waals surface area contributed by atoms with Crippen molar-refractivity contribution in [2.75, 3.05) is 0 Å². The minimum Gasteiger partial charge on any atom is -0.487 e. The van der Waals surface area contributed by atoms with Gasteiger partial charge in [0.25, 0.3) is 0 Å². The van der Waals surface area contributed by atoms with Gasteiger partial charge < -0.3 is 15.4 Å². The lowest BCUT2D eigenvalue weighted by molar-refractivity contribution is -0.140. The van der Waals surface area contributed by atoms with Crippen molar-refractivity contribution in [3.05, 3.63) is 64.1 Å². The SMILES string of the molecule is CC(NC(=O)C(=O)NC1CC(C)(C)Oc2ccccc21)c1ccccc1Br. The first-order chi connectivity index (χ1) is 12.8. The summed E-state index contributed by atoms with van der Waals surface area (Å²) in [4.78, 5) is 24.9. The number of rotatable bonds is 3. The molecule has 6 heteroatoms. The fraction of sp³-hybridized carbons (Fsp3) is 0.333. The van der Waals surface area contributed by atoms with E-state index < -0.39 is 17.4 Å². The van der Waals surface area contributed by atoms with Crippen LogP contribution in [0.5, 0.6) is 5.75 Å². The number of hydrogen-bond acceptors (Lipinski definition) is 3. The normalized spacial score (nSPS) is 18.6. The molecule has 0 aliphatic carbocycles. The fourth-order valence-corrected chi connectivity index (χ4v) is 3.95. The Labute approximate surface area is 167 Å². The van der Waals surface area contributed by atoms with Crippen molar-refractivity contribution < 1.29 is 14.3 Å². The van der Waals surface area contributed by atoms with Crippen molar-refractivity contribution in [3.63, 3.8) is 0 Å². The monoisotopic (exact) mass is 430 g/mol. The number of carbonyl (C=O) groups excluding carboxylic acids is 2. The number of nitrogens with one attached hydrogen (secondary N) is 2. The number of carbonyl (C=O) groups is 2. The van der Waals surface area contributed by atoms with E-state index in [9.17, 15) is 9.59 Å². The maximum atomic E-state index is 12.5. The van der Waals surface area contributed by atoms with E-state index in [0.29, 0.717) is 6.42 Å². The number of hydrogen-bond donors (Lipinski definition) is 2. The summed E-state index contributed by atoms with van der Waals surface area (Å²) in [5.74, 6) is -0.563. The molecule has 0 aromatic heterocycles. The molecule has 2 atom stereocenters. The van der Waals surface area contributed by atoms with E-state index in [1.54, 1.807) is 0 Å². The summed E-state index contributed by atoms with van der Waals surface area (Å²) in [6.45, 7) is 5.78. The van der Waals surface area contributed by atoms with Crippen molar-refractivity contribution >= 4 is 27.7 Å². The molecule has 0 spiro atoms. The second-order valence-corrected chi connectivity index (χ2v) is 8.20. The summed E-state index contributed by atoms with van der Waals surface area (Å²) in [5.41, 5.74) is 1.37. The Hall–Kier alpha value is -2.34. The Morgan fingerprint density at radius 1 is 1.11 bits per heavy atom. The van der Waals surface area contributed by atoms with Gasteiger partial charge in [-0.3, -0.25) is 9.59 Å². The second-order valence-electron chi connectivity index (χ2n) is 7.35. The van der Waals surface area contributed by atoms with Gasteiger partial charge in [0.15, 0.2) is 0 Å². The maximum absolute atomic E-state index is 12.5. The zero-order chi connectivity index (χ0) is 19.6. The summed E-state index contributed by atoms with van der Waals surface area (Å²) in [6.07, 6.45) is 0.586. The Kier molecular flexibility index (Phi) is 5.56. The lowest BCUT2D eigenvalue weighted by Gasteiger charge is -2.37. The summed E-state index contributed by atoms with van der Waals surface area (Å²) in [5, 5.41) is 5.62. The molecule has 3 rings (SSSR count). The van der Waals surface area contributed by atoms with Gasteiger partial charge >= 0.3 is 11.8 Å². The van der Waals surface area contributed by atoms with E-state index >= 15 is 0 Å². The summed E-state index contributed by atoms with van der Waals surface area (Å²) >= 11 is 3.47. The molecule has 27 heavy (non-hydrogen) atoms. The van der Waals surface area contributed by atoms with Crippen LogP contribution in [0.1, 0.15) is 50.4 Å². The third-order valence-corrected chi connectivity index (χ3v) is 5.33. The predicted octanol–water partition coefficient (Wildman–Crippen LogP) is 4.04. The third-order valence-electron chi connectivity index (χ3n) is 4.61. The topological polar surface area (TPSA) is 67.4 Å². The number of para-hydroxylation sites is 1. The first kappa shape index (κ1) is 19.4. The highest BCUT2D eigenvalue weighted by Gasteiger charge is 2.35. The van der Waals surface area contributed by atoms with Gasteiger partial charge in [-0.2, -0.15) is 0 Å². The van der Waals surface area contributed by atoms with Crippen LogP contribution in [0.4, 0.5) is 0 Å². The summed E-state index contributed by atoms with van der Waals surface area (Å²) in [6, 6.07) is 14.6. The van der Waals surface area contributed by atoms with Crippen LogP contribution in [-0.4, -0.2) is 17.4 Å². The maximum Gasteiger partial charge on any atom is 0.309 e. The molecule has 1 aliphatic rings. The zero-order valence-corrected chi connectivity index (χ0v) is 17.2. The van der Waals surface area contributed by atoms with Crippen LogP contribution in [0.15, 0.2) is 53.0 Å². The third kappa shape index (κ3) is 4.50. The quantitative estimate of drug-likeness (QED) is 0.721. The number of fused-ring (bicyclic) bond motifs is 1. The van der Waals surface area contributed by atoms with Crippen LogP contribution < -0.4 is 15.4 Å². The number of halogens is 1. The molecule has 0 bridgehead atoms. The highest BCUT2D eigenvalue weighted by Crippen LogP contribution is 2.39. The van der Waals surface area contributed by atoms with E-state index in [0.717, 1.165) is 21.3 Å². The Morgan fingerprint density at radius 3 is 2.52 bits per heavy atom. The van der Waals surface area contributed by atoms with Gasteiger partial charge in [0, 0.05) is 16.5 Å². The molecular weight excluding hydrogens is 408 g/mol. The molecular formula is C21H23BrN2O3. The van der Waals surface area contributed by atoms with Crippen LogP contribution in [0.25, 0.3) is 0 Å². The lowest BCUT2D eigenvalue weighted by atomic mass is 9.89. The van der Waals surface area contributed by atoms with Crippen molar-refractivity contribution in [2.45, 2.75) is 44.9 Å².